The Hall–Kier alpha value is -2.01. The van der Waals surface area contributed by atoms with Crippen molar-refractivity contribution in [3.63, 3.8) is 0 Å². The third kappa shape index (κ3) is 1.93. The fraction of sp³-hybridized carbons (Fsp3) is 0. The highest BCUT2D eigenvalue weighted by atomic mass is 32.1. The number of benzene rings is 1. The first-order chi connectivity index (χ1) is 8.74. The van der Waals surface area contributed by atoms with E-state index in [1.54, 1.807) is 11.3 Å². The molecule has 0 atom stereocenters. The summed E-state index contributed by atoms with van der Waals surface area (Å²) in [5.74, 6) is -1.72. The predicted molar refractivity (Wildman–Crippen MR) is 67.3 cm³/mol. The Morgan fingerprint density at radius 1 is 1.06 bits per heavy atom. The molecule has 0 fully saturated rings. The summed E-state index contributed by atoms with van der Waals surface area (Å²) >= 11 is 1.58. The second kappa shape index (κ2) is 4.34. The van der Waals surface area contributed by atoms with Gasteiger partial charge in [0, 0.05) is 5.56 Å². The Balaban J connectivity index is 2.00. The Bertz CT molecular complexity index is 674. The molecule has 0 unspecified atom stereocenters. The number of hydrogen-bond donors (Lipinski definition) is 1. The van der Waals surface area contributed by atoms with Crippen LogP contribution in [-0.2, 0) is 0 Å². The maximum absolute atomic E-state index is 13.1. The SMILES string of the molecule is Fc1ccc(-c2cc(-c3cccs3)[nH]n2)cc1F. The van der Waals surface area contributed by atoms with Crippen LogP contribution in [0.15, 0.2) is 41.8 Å². The number of nitrogens with zero attached hydrogens (tertiary/aromatic N) is 1. The minimum absolute atomic E-state index is 0.549. The van der Waals surface area contributed by atoms with E-state index in [9.17, 15) is 8.78 Å². The molecule has 5 heteroatoms. The monoisotopic (exact) mass is 262 g/mol. The standard InChI is InChI=1S/C13H8F2N2S/c14-9-4-3-8(6-10(9)15)11-7-12(17-16-11)13-2-1-5-18-13/h1-7H,(H,16,17). The second-order valence-corrected chi connectivity index (χ2v) is 4.72. The molecule has 0 spiro atoms. The fourth-order valence-corrected chi connectivity index (χ4v) is 2.38. The van der Waals surface area contributed by atoms with Crippen LogP contribution in [0.3, 0.4) is 0 Å². The van der Waals surface area contributed by atoms with Crippen LogP contribution in [0, 0.1) is 11.6 Å². The van der Waals surface area contributed by atoms with E-state index in [4.69, 9.17) is 0 Å². The highest BCUT2D eigenvalue weighted by molar-refractivity contribution is 7.13. The summed E-state index contributed by atoms with van der Waals surface area (Å²) in [6.45, 7) is 0. The molecule has 3 aromatic rings. The smallest absolute Gasteiger partial charge is 0.159 e. The first kappa shape index (κ1) is 11.1. The minimum atomic E-state index is -0.867. The van der Waals surface area contributed by atoms with Gasteiger partial charge in [-0.05, 0) is 35.7 Å². The first-order valence-electron chi connectivity index (χ1n) is 5.29. The van der Waals surface area contributed by atoms with Crippen molar-refractivity contribution in [1.82, 2.24) is 10.2 Å². The third-order valence-corrected chi connectivity index (χ3v) is 3.48. The Morgan fingerprint density at radius 3 is 2.67 bits per heavy atom. The van der Waals surface area contributed by atoms with E-state index in [1.807, 2.05) is 23.6 Å². The molecule has 0 aliphatic rings. The molecule has 0 aliphatic carbocycles. The average Bonchev–Trinajstić information content (AvgIpc) is 3.01. The van der Waals surface area contributed by atoms with Crippen LogP contribution >= 0.6 is 11.3 Å². The summed E-state index contributed by atoms with van der Waals surface area (Å²) in [6, 6.07) is 9.48. The Kier molecular flexibility index (Phi) is 2.68. The molecular weight excluding hydrogens is 254 g/mol. The third-order valence-electron chi connectivity index (χ3n) is 2.58. The summed E-state index contributed by atoms with van der Waals surface area (Å²) in [7, 11) is 0. The number of hydrogen-bond acceptors (Lipinski definition) is 2. The summed E-state index contributed by atoms with van der Waals surface area (Å²) in [4.78, 5) is 1.05. The molecule has 2 heterocycles. The molecule has 0 radical (unpaired) electrons. The van der Waals surface area contributed by atoms with Crippen molar-refractivity contribution in [3.8, 4) is 21.8 Å². The maximum Gasteiger partial charge on any atom is 0.159 e. The van der Waals surface area contributed by atoms with E-state index in [-0.39, 0.29) is 0 Å². The van der Waals surface area contributed by atoms with Crippen molar-refractivity contribution >= 4 is 11.3 Å². The zero-order chi connectivity index (χ0) is 12.5. The molecule has 0 saturated heterocycles. The largest absolute Gasteiger partial charge is 0.276 e. The van der Waals surface area contributed by atoms with E-state index in [2.05, 4.69) is 10.2 Å². The zero-order valence-corrected chi connectivity index (χ0v) is 9.97. The van der Waals surface area contributed by atoms with Crippen molar-refractivity contribution < 1.29 is 8.78 Å². The maximum atomic E-state index is 13.1. The van der Waals surface area contributed by atoms with Gasteiger partial charge in [0.05, 0.1) is 16.3 Å². The lowest BCUT2D eigenvalue weighted by molar-refractivity contribution is 0.509. The average molecular weight is 262 g/mol. The lowest BCUT2D eigenvalue weighted by atomic mass is 10.1. The molecule has 0 amide bonds. The van der Waals surface area contributed by atoms with Crippen LogP contribution in [0.1, 0.15) is 0 Å². The lowest BCUT2D eigenvalue weighted by Crippen LogP contribution is -1.85. The van der Waals surface area contributed by atoms with Gasteiger partial charge in [0.1, 0.15) is 0 Å². The van der Waals surface area contributed by atoms with Crippen LogP contribution < -0.4 is 0 Å². The zero-order valence-electron chi connectivity index (χ0n) is 9.15. The van der Waals surface area contributed by atoms with Crippen LogP contribution in [0.2, 0.25) is 0 Å². The molecule has 18 heavy (non-hydrogen) atoms. The van der Waals surface area contributed by atoms with Crippen LogP contribution in [0.4, 0.5) is 8.78 Å². The molecular formula is C13H8F2N2S. The lowest BCUT2D eigenvalue weighted by Gasteiger charge is -1.96. The van der Waals surface area contributed by atoms with Crippen molar-refractivity contribution in [2.45, 2.75) is 0 Å². The highest BCUT2D eigenvalue weighted by Crippen LogP contribution is 2.27. The molecule has 0 aliphatic heterocycles. The minimum Gasteiger partial charge on any atom is -0.276 e. The number of rotatable bonds is 2. The molecule has 0 bridgehead atoms. The number of thiophene rings is 1. The van der Waals surface area contributed by atoms with E-state index in [1.165, 1.54) is 6.07 Å². The molecule has 90 valence electrons. The van der Waals surface area contributed by atoms with Crippen molar-refractivity contribution in [2.24, 2.45) is 0 Å². The molecule has 2 aromatic heterocycles. The first-order valence-corrected chi connectivity index (χ1v) is 6.17. The summed E-state index contributed by atoms with van der Waals surface area (Å²) < 4.78 is 26.0. The van der Waals surface area contributed by atoms with Gasteiger partial charge in [-0.25, -0.2) is 8.78 Å². The Labute approximate surface area is 106 Å². The van der Waals surface area contributed by atoms with Gasteiger partial charge in [-0.3, -0.25) is 5.10 Å². The van der Waals surface area contributed by atoms with Crippen molar-refractivity contribution in [3.05, 3.63) is 53.4 Å². The van der Waals surface area contributed by atoms with Gasteiger partial charge in [0.15, 0.2) is 11.6 Å². The quantitative estimate of drug-likeness (QED) is 0.740. The summed E-state index contributed by atoms with van der Waals surface area (Å²) in [5.41, 5.74) is 2.01. The van der Waals surface area contributed by atoms with Gasteiger partial charge in [-0.15, -0.1) is 11.3 Å². The number of aromatic nitrogens is 2. The molecule has 0 saturated carbocycles. The van der Waals surface area contributed by atoms with Gasteiger partial charge in [-0.2, -0.15) is 5.10 Å². The van der Waals surface area contributed by atoms with E-state index in [0.29, 0.717) is 11.3 Å². The molecule has 1 aromatic carbocycles. The number of H-pyrrole nitrogens is 1. The normalized spacial score (nSPS) is 10.8. The topological polar surface area (TPSA) is 28.7 Å². The van der Waals surface area contributed by atoms with Crippen molar-refractivity contribution in [2.75, 3.05) is 0 Å². The van der Waals surface area contributed by atoms with Gasteiger partial charge in [-0.1, -0.05) is 6.07 Å². The molecule has 2 nitrogen and oxygen atoms in total. The summed E-state index contributed by atoms with van der Waals surface area (Å²) in [6.07, 6.45) is 0. The molecule has 3 rings (SSSR count). The van der Waals surface area contributed by atoms with E-state index in [0.717, 1.165) is 22.7 Å². The molecule has 1 N–H and O–H groups in total. The number of nitrogens with one attached hydrogen (secondary N) is 1. The van der Waals surface area contributed by atoms with E-state index >= 15 is 0 Å². The second-order valence-electron chi connectivity index (χ2n) is 3.77. The van der Waals surface area contributed by atoms with Crippen molar-refractivity contribution in [1.29, 1.82) is 0 Å². The Morgan fingerprint density at radius 2 is 1.94 bits per heavy atom. The van der Waals surface area contributed by atoms with Crippen LogP contribution in [0.5, 0.6) is 0 Å². The summed E-state index contributed by atoms with van der Waals surface area (Å²) in [5, 5.41) is 8.96. The van der Waals surface area contributed by atoms with E-state index < -0.39 is 11.6 Å². The van der Waals surface area contributed by atoms with Gasteiger partial charge < -0.3 is 0 Å². The van der Waals surface area contributed by atoms with Crippen LogP contribution in [-0.4, -0.2) is 10.2 Å². The van der Waals surface area contributed by atoms with Gasteiger partial charge >= 0.3 is 0 Å². The predicted octanol–water partition coefficient (Wildman–Crippen LogP) is 4.08. The van der Waals surface area contributed by atoms with Gasteiger partial charge in [0.2, 0.25) is 0 Å². The van der Waals surface area contributed by atoms with Crippen LogP contribution in [0.25, 0.3) is 21.8 Å². The highest BCUT2D eigenvalue weighted by Gasteiger charge is 2.09. The number of halogens is 2. The number of aromatic amines is 1. The fourth-order valence-electron chi connectivity index (χ4n) is 1.68. The van der Waals surface area contributed by atoms with Gasteiger partial charge in [0.25, 0.3) is 0 Å².